The molecule has 1 aliphatic rings. The highest BCUT2D eigenvalue weighted by Crippen LogP contribution is 2.35. The number of likely N-dealkylation sites (tertiary alicyclic amines) is 1. The van der Waals surface area contributed by atoms with Crippen molar-refractivity contribution in [1.82, 2.24) is 15.5 Å². The molecule has 0 aliphatic carbocycles. The maximum atomic E-state index is 13.5. The Bertz CT molecular complexity index is 720. The monoisotopic (exact) mass is 542 g/mol. The van der Waals surface area contributed by atoms with E-state index in [1.807, 2.05) is 6.92 Å². The van der Waals surface area contributed by atoms with Crippen molar-refractivity contribution < 1.29 is 22.7 Å². The van der Waals surface area contributed by atoms with E-state index >= 15 is 0 Å². The van der Waals surface area contributed by atoms with Gasteiger partial charge in [-0.1, -0.05) is 6.07 Å². The Hall–Kier alpha value is -1.72. The number of guanidine groups is 1. The van der Waals surface area contributed by atoms with Crippen molar-refractivity contribution in [3.05, 3.63) is 29.3 Å². The molecule has 0 aromatic heterocycles. The Morgan fingerprint density at radius 3 is 2.47 bits per heavy atom. The molecule has 2 rings (SSSR count). The first-order chi connectivity index (χ1) is 13.7. The van der Waals surface area contributed by atoms with E-state index in [-0.39, 0.29) is 60.4 Å². The predicted octanol–water partition coefficient (Wildman–Crippen LogP) is 3.79. The fraction of sp³-hybridized carbons (Fsp3) is 0.600. The number of carbonyl (C=O) groups is 1. The summed E-state index contributed by atoms with van der Waals surface area (Å²) in [6, 6.07) is 3.89. The number of carbonyl (C=O) groups excluding carboxylic acids is 1. The van der Waals surface area contributed by atoms with E-state index in [2.05, 4.69) is 15.6 Å². The van der Waals surface area contributed by atoms with Crippen LogP contribution >= 0.6 is 24.0 Å². The Morgan fingerprint density at radius 1 is 1.23 bits per heavy atom. The molecule has 1 aromatic rings. The van der Waals surface area contributed by atoms with Crippen molar-refractivity contribution in [1.29, 1.82) is 0 Å². The maximum absolute atomic E-state index is 13.5. The molecule has 2 N–H and O–H groups in total. The third kappa shape index (κ3) is 8.19. The molecule has 1 aromatic carbocycles. The lowest BCUT2D eigenvalue weighted by Gasteiger charge is -2.18. The number of amides is 1. The van der Waals surface area contributed by atoms with Gasteiger partial charge in [0, 0.05) is 19.6 Å². The van der Waals surface area contributed by atoms with Crippen LogP contribution in [0.25, 0.3) is 0 Å². The van der Waals surface area contributed by atoms with E-state index in [1.165, 1.54) is 12.1 Å². The molecule has 1 fully saturated rings. The zero-order valence-electron chi connectivity index (χ0n) is 17.5. The number of aliphatic imine (C=N–C) groups is 1. The summed E-state index contributed by atoms with van der Waals surface area (Å²) in [6.07, 6.45) is -2.75. The third-order valence-electron chi connectivity index (χ3n) is 4.38. The largest absolute Gasteiger partial charge is 0.491 e. The zero-order valence-corrected chi connectivity index (χ0v) is 19.8. The summed E-state index contributed by atoms with van der Waals surface area (Å²) in [5.41, 5.74) is -0.736. The van der Waals surface area contributed by atoms with Crippen molar-refractivity contribution in [2.75, 3.05) is 26.2 Å². The van der Waals surface area contributed by atoms with E-state index < -0.39 is 11.7 Å². The number of halogens is 4. The van der Waals surface area contributed by atoms with Gasteiger partial charge in [0.25, 0.3) is 0 Å². The van der Waals surface area contributed by atoms with Gasteiger partial charge in [0.1, 0.15) is 5.75 Å². The summed E-state index contributed by atoms with van der Waals surface area (Å²) < 4.78 is 45.8. The number of ether oxygens (including phenoxy) is 1. The first-order valence-corrected chi connectivity index (χ1v) is 9.87. The molecular weight excluding hydrogens is 512 g/mol. The number of nitrogens with zero attached hydrogens (tertiary/aromatic N) is 2. The highest BCUT2D eigenvalue weighted by Gasteiger charge is 2.33. The lowest BCUT2D eigenvalue weighted by Crippen LogP contribution is -2.44. The van der Waals surface area contributed by atoms with Gasteiger partial charge in [0.2, 0.25) is 5.91 Å². The van der Waals surface area contributed by atoms with E-state index in [9.17, 15) is 18.0 Å². The summed E-state index contributed by atoms with van der Waals surface area (Å²) in [5.74, 6) is 0.427. The Balaban J connectivity index is 0.00000450. The number of hydrogen-bond acceptors (Lipinski definition) is 3. The first kappa shape index (κ1) is 26.3. The van der Waals surface area contributed by atoms with Gasteiger partial charge in [-0.15, -0.1) is 24.0 Å². The Kier molecular flexibility index (Phi) is 10.7. The number of benzene rings is 1. The highest BCUT2D eigenvalue weighted by molar-refractivity contribution is 14.0. The molecule has 1 saturated heterocycles. The van der Waals surface area contributed by atoms with Crippen LogP contribution in [0.5, 0.6) is 5.75 Å². The summed E-state index contributed by atoms with van der Waals surface area (Å²) in [4.78, 5) is 18.2. The quantitative estimate of drug-likeness (QED) is 0.313. The fourth-order valence-corrected chi connectivity index (χ4v) is 3.05. The van der Waals surface area contributed by atoms with Crippen LogP contribution in [0.1, 0.15) is 44.7 Å². The Labute approximate surface area is 192 Å². The molecule has 0 atom stereocenters. The molecule has 6 nitrogen and oxygen atoms in total. The van der Waals surface area contributed by atoms with Crippen LogP contribution < -0.4 is 15.4 Å². The second-order valence-electron chi connectivity index (χ2n) is 7.12. The van der Waals surface area contributed by atoms with Crippen LogP contribution in [-0.4, -0.2) is 49.0 Å². The van der Waals surface area contributed by atoms with Crippen molar-refractivity contribution >= 4 is 35.8 Å². The van der Waals surface area contributed by atoms with Crippen molar-refractivity contribution in [3.63, 3.8) is 0 Å². The van der Waals surface area contributed by atoms with Crippen LogP contribution in [0.15, 0.2) is 23.2 Å². The molecular formula is C20H30F3IN4O2. The van der Waals surface area contributed by atoms with Crippen LogP contribution in [-0.2, 0) is 17.5 Å². The van der Waals surface area contributed by atoms with Gasteiger partial charge in [-0.25, -0.2) is 4.99 Å². The third-order valence-corrected chi connectivity index (χ3v) is 4.38. The van der Waals surface area contributed by atoms with Crippen LogP contribution in [0.3, 0.4) is 0 Å². The van der Waals surface area contributed by atoms with Crippen molar-refractivity contribution in [2.45, 2.75) is 52.4 Å². The Morgan fingerprint density at radius 2 is 1.90 bits per heavy atom. The SMILES string of the molecule is CCNC(=NCc1ccc(OC(C)C)cc1C(F)(F)F)NCC(=O)N1CCCC1.I. The van der Waals surface area contributed by atoms with Gasteiger partial charge in [-0.3, -0.25) is 4.79 Å². The standard InChI is InChI=1S/C20H29F3N4O2.HI/c1-4-24-19(26-13-18(28)27-9-5-6-10-27)25-12-15-7-8-16(29-14(2)3)11-17(15)20(21,22)23;/h7-8,11,14H,4-6,9-10,12-13H2,1-3H3,(H2,24,25,26);1H. The normalized spacial score (nSPS) is 14.5. The van der Waals surface area contributed by atoms with Gasteiger partial charge in [-0.2, -0.15) is 13.2 Å². The number of alkyl halides is 3. The van der Waals surface area contributed by atoms with Gasteiger partial charge in [0.15, 0.2) is 5.96 Å². The maximum Gasteiger partial charge on any atom is 0.416 e. The predicted molar refractivity (Wildman–Crippen MR) is 121 cm³/mol. The fourth-order valence-electron chi connectivity index (χ4n) is 3.05. The minimum absolute atomic E-state index is 0. The molecule has 0 unspecified atom stereocenters. The molecule has 0 saturated carbocycles. The number of nitrogens with one attached hydrogen (secondary N) is 2. The lowest BCUT2D eigenvalue weighted by atomic mass is 10.1. The average Bonchev–Trinajstić information content (AvgIpc) is 3.18. The first-order valence-electron chi connectivity index (χ1n) is 9.87. The molecule has 0 spiro atoms. The van der Waals surface area contributed by atoms with Crippen LogP contribution in [0.2, 0.25) is 0 Å². The molecule has 170 valence electrons. The second kappa shape index (κ2) is 12.2. The van der Waals surface area contributed by atoms with Crippen LogP contribution in [0.4, 0.5) is 13.2 Å². The second-order valence-corrected chi connectivity index (χ2v) is 7.12. The van der Waals surface area contributed by atoms with E-state index in [4.69, 9.17) is 4.74 Å². The highest BCUT2D eigenvalue weighted by atomic mass is 127. The van der Waals surface area contributed by atoms with E-state index in [0.717, 1.165) is 32.0 Å². The van der Waals surface area contributed by atoms with Gasteiger partial charge < -0.3 is 20.3 Å². The number of rotatable bonds is 7. The van der Waals surface area contributed by atoms with Gasteiger partial charge in [-0.05, 0) is 51.3 Å². The van der Waals surface area contributed by atoms with Gasteiger partial charge in [0.05, 0.1) is 24.8 Å². The van der Waals surface area contributed by atoms with Crippen LogP contribution in [0, 0.1) is 0 Å². The number of hydrogen-bond donors (Lipinski definition) is 2. The summed E-state index contributed by atoms with van der Waals surface area (Å²) in [6.45, 7) is 7.24. The minimum Gasteiger partial charge on any atom is -0.491 e. The molecule has 1 amide bonds. The molecule has 0 radical (unpaired) electrons. The van der Waals surface area contributed by atoms with E-state index in [0.29, 0.717) is 12.5 Å². The summed E-state index contributed by atoms with van der Waals surface area (Å²) in [5, 5.41) is 5.86. The summed E-state index contributed by atoms with van der Waals surface area (Å²) in [7, 11) is 0. The summed E-state index contributed by atoms with van der Waals surface area (Å²) >= 11 is 0. The van der Waals surface area contributed by atoms with Crippen molar-refractivity contribution in [2.24, 2.45) is 4.99 Å². The zero-order chi connectivity index (χ0) is 21.4. The topological polar surface area (TPSA) is 66.0 Å². The van der Waals surface area contributed by atoms with Gasteiger partial charge >= 0.3 is 6.18 Å². The molecule has 10 heteroatoms. The molecule has 30 heavy (non-hydrogen) atoms. The molecule has 1 aliphatic heterocycles. The minimum atomic E-state index is -4.52. The average molecular weight is 542 g/mol. The molecule has 1 heterocycles. The van der Waals surface area contributed by atoms with E-state index in [1.54, 1.807) is 18.7 Å². The van der Waals surface area contributed by atoms with Crippen molar-refractivity contribution in [3.8, 4) is 5.75 Å². The lowest BCUT2D eigenvalue weighted by molar-refractivity contribution is -0.138. The smallest absolute Gasteiger partial charge is 0.416 e. The molecule has 0 bridgehead atoms.